The van der Waals surface area contributed by atoms with Crippen LogP contribution in [-0.4, -0.2) is 41.8 Å². The molecule has 0 saturated heterocycles. The van der Waals surface area contributed by atoms with Crippen LogP contribution in [-0.2, 0) is 27.3 Å². The lowest BCUT2D eigenvalue weighted by Crippen LogP contribution is -2.41. The zero-order valence-corrected chi connectivity index (χ0v) is 14.5. The summed E-state index contributed by atoms with van der Waals surface area (Å²) in [6.45, 7) is 7.16. The van der Waals surface area contributed by atoms with Crippen LogP contribution in [0.15, 0.2) is 6.07 Å². The summed E-state index contributed by atoms with van der Waals surface area (Å²) in [5.41, 5.74) is 0.689. The number of aliphatic carboxylic acids is 1. The fourth-order valence-electron chi connectivity index (χ4n) is 2.23. The molecule has 0 bridgehead atoms. The van der Waals surface area contributed by atoms with Gasteiger partial charge in [0, 0.05) is 24.3 Å². The number of nitrogens with one attached hydrogen (secondary N) is 1. The van der Waals surface area contributed by atoms with Crippen LogP contribution >= 0.6 is 11.3 Å². The van der Waals surface area contributed by atoms with E-state index in [1.54, 1.807) is 6.07 Å². The molecule has 2 N–H and O–H groups in total. The summed E-state index contributed by atoms with van der Waals surface area (Å²) >= 11 is 1.41. The normalized spacial score (nSPS) is 15.8. The Morgan fingerprint density at radius 3 is 2.83 bits per heavy atom. The highest BCUT2D eigenvalue weighted by Crippen LogP contribution is 2.27. The van der Waals surface area contributed by atoms with Crippen molar-refractivity contribution in [2.75, 3.05) is 13.2 Å². The first-order valence-corrected chi connectivity index (χ1v) is 8.45. The van der Waals surface area contributed by atoms with Gasteiger partial charge in [0.05, 0.1) is 23.7 Å². The first kappa shape index (κ1) is 17.9. The lowest BCUT2D eigenvalue weighted by Gasteiger charge is -2.21. The molecule has 2 heterocycles. The third-order valence-electron chi connectivity index (χ3n) is 3.40. The van der Waals surface area contributed by atoms with E-state index in [4.69, 9.17) is 9.47 Å². The number of carbonyl (C=O) groups is 2. The number of hydrogen-bond donors (Lipinski definition) is 2. The molecule has 1 aliphatic heterocycles. The lowest BCUT2D eigenvalue weighted by molar-refractivity contribution is -0.140. The van der Waals surface area contributed by atoms with E-state index in [1.165, 1.54) is 11.3 Å². The van der Waals surface area contributed by atoms with Crippen LogP contribution in [0.1, 0.15) is 47.3 Å². The van der Waals surface area contributed by atoms with Crippen LogP contribution in [0.25, 0.3) is 0 Å². The van der Waals surface area contributed by atoms with E-state index >= 15 is 0 Å². The van der Waals surface area contributed by atoms with Gasteiger partial charge < -0.3 is 19.9 Å². The van der Waals surface area contributed by atoms with E-state index in [2.05, 4.69) is 5.32 Å². The van der Waals surface area contributed by atoms with Crippen molar-refractivity contribution >= 4 is 23.2 Å². The van der Waals surface area contributed by atoms with Crippen LogP contribution in [0.2, 0.25) is 0 Å². The lowest BCUT2D eigenvalue weighted by atomic mass is 10.1. The van der Waals surface area contributed by atoms with Gasteiger partial charge in [-0.3, -0.25) is 4.79 Å². The van der Waals surface area contributed by atoms with E-state index in [1.807, 2.05) is 20.8 Å². The number of ether oxygens (including phenoxy) is 2. The largest absolute Gasteiger partial charge is 0.480 e. The Balaban J connectivity index is 1.95. The van der Waals surface area contributed by atoms with E-state index in [0.29, 0.717) is 18.1 Å². The number of thiophene rings is 1. The first-order chi connectivity index (χ1) is 10.8. The van der Waals surface area contributed by atoms with Crippen molar-refractivity contribution in [3.63, 3.8) is 0 Å². The molecule has 1 unspecified atom stereocenters. The van der Waals surface area contributed by atoms with Crippen molar-refractivity contribution in [2.24, 2.45) is 0 Å². The van der Waals surface area contributed by atoms with E-state index < -0.39 is 12.0 Å². The number of fused-ring (bicyclic) bond motifs is 1. The number of carboxylic acid groups (broad SMARTS) is 1. The third kappa shape index (κ3) is 5.30. The Hall–Kier alpha value is -1.44. The molecule has 1 aromatic heterocycles. The molecular weight excluding hydrogens is 318 g/mol. The molecule has 0 radical (unpaired) electrons. The summed E-state index contributed by atoms with van der Waals surface area (Å²) in [5, 5.41) is 11.9. The van der Waals surface area contributed by atoms with Crippen LogP contribution in [0, 0.1) is 0 Å². The van der Waals surface area contributed by atoms with Crippen molar-refractivity contribution in [2.45, 2.75) is 51.9 Å². The SMILES string of the molecule is CC(C)(C)OCCC(NC(=O)c1cc2c(s1)CCOC2)C(=O)O. The molecule has 0 aliphatic carbocycles. The average molecular weight is 341 g/mol. The highest BCUT2D eigenvalue weighted by molar-refractivity contribution is 7.14. The van der Waals surface area contributed by atoms with E-state index in [9.17, 15) is 14.7 Å². The zero-order chi connectivity index (χ0) is 17.0. The standard InChI is InChI=1S/C16H23NO5S/c1-16(2,3)22-7-4-11(15(19)20)17-14(18)13-8-10-9-21-6-5-12(10)23-13/h8,11H,4-7,9H2,1-3H3,(H,17,18)(H,19,20). The van der Waals surface area contributed by atoms with E-state index in [-0.39, 0.29) is 24.5 Å². The topological polar surface area (TPSA) is 84.9 Å². The monoisotopic (exact) mass is 341 g/mol. The fourth-order valence-corrected chi connectivity index (χ4v) is 3.28. The van der Waals surface area contributed by atoms with Gasteiger partial charge in [-0.2, -0.15) is 0 Å². The Bertz CT molecular complexity index is 552. The molecule has 0 fully saturated rings. The summed E-state index contributed by atoms with van der Waals surface area (Å²) in [4.78, 5) is 25.3. The minimum Gasteiger partial charge on any atom is -0.480 e. The number of hydrogen-bond acceptors (Lipinski definition) is 5. The molecule has 23 heavy (non-hydrogen) atoms. The summed E-state index contributed by atoms with van der Waals surface area (Å²) in [7, 11) is 0. The van der Waals surface area contributed by atoms with Gasteiger partial charge in [0.15, 0.2) is 0 Å². The van der Waals surface area contributed by atoms with Gasteiger partial charge in [-0.1, -0.05) is 0 Å². The van der Waals surface area contributed by atoms with E-state index in [0.717, 1.165) is 16.9 Å². The maximum absolute atomic E-state index is 12.3. The van der Waals surface area contributed by atoms with Gasteiger partial charge in [0.2, 0.25) is 0 Å². The molecule has 128 valence electrons. The molecule has 1 amide bonds. The van der Waals surface area contributed by atoms with Crippen LogP contribution in [0.4, 0.5) is 0 Å². The molecule has 0 spiro atoms. The number of amides is 1. The van der Waals surface area contributed by atoms with Crippen LogP contribution in [0.3, 0.4) is 0 Å². The van der Waals surface area contributed by atoms with Crippen molar-refractivity contribution in [1.29, 1.82) is 0 Å². The number of rotatable bonds is 6. The average Bonchev–Trinajstić information content (AvgIpc) is 2.88. The molecular formula is C16H23NO5S. The fraction of sp³-hybridized carbons (Fsp3) is 0.625. The van der Waals surface area contributed by atoms with Gasteiger partial charge in [-0.25, -0.2) is 4.79 Å². The molecule has 1 atom stereocenters. The van der Waals surface area contributed by atoms with Gasteiger partial charge in [0.25, 0.3) is 5.91 Å². The second-order valence-corrected chi connectivity index (χ2v) is 7.61. The third-order valence-corrected chi connectivity index (χ3v) is 4.63. The quantitative estimate of drug-likeness (QED) is 0.829. The van der Waals surface area contributed by atoms with Crippen molar-refractivity contribution < 1.29 is 24.2 Å². The Kier molecular flexibility index (Phi) is 5.78. The number of carbonyl (C=O) groups excluding carboxylic acids is 1. The van der Waals surface area contributed by atoms with Crippen molar-refractivity contribution in [3.05, 3.63) is 21.4 Å². The van der Waals surface area contributed by atoms with Crippen molar-refractivity contribution in [1.82, 2.24) is 5.32 Å². The second-order valence-electron chi connectivity index (χ2n) is 6.48. The highest BCUT2D eigenvalue weighted by atomic mass is 32.1. The molecule has 2 rings (SSSR count). The van der Waals surface area contributed by atoms with Gasteiger partial charge in [-0.15, -0.1) is 11.3 Å². The Labute approximate surface area is 139 Å². The molecule has 1 aliphatic rings. The van der Waals surface area contributed by atoms with Gasteiger partial charge in [-0.05, 0) is 32.4 Å². The maximum atomic E-state index is 12.3. The van der Waals surface area contributed by atoms with Crippen LogP contribution in [0.5, 0.6) is 0 Å². The summed E-state index contributed by atoms with van der Waals surface area (Å²) in [5.74, 6) is -1.41. The summed E-state index contributed by atoms with van der Waals surface area (Å²) in [6.07, 6.45) is 1.03. The van der Waals surface area contributed by atoms with Crippen LogP contribution < -0.4 is 5.32 Å². The second kappa shape index (κ2) is 7.42. The summed E-state index contributed by atoms with van der Waals surface area (Å²) < 4.78 is 10.9. The predicted molar refractivity (Wildman–Crippen MR) is 86.9 cm³/mol. The van der Waals surface area contributed by atoms with Gasteiger partial charge >= 0.3 is 5.97 Å². The number of carboxylic acids is 1. The minimum atomic E-state index is -1.06. The van der Waals surface area contributed by atoms with Gasteiger partial charge in [0.1, 0.15) is 6.04 Å². The highest BCUT2D eigenvalue weighted by Gasteiger charge is 2.24. The first-order valence-electron chi connectivity index (χ1n) is 7.63. The Morgan fingerprint density at radius 2 is 2.22 bits per heavy atom. The summed E-state index contributed by atoms with van der Waals surface area (Å²) in [6, 6.07) is 0.833. The molecule has 6 nitrogen and oxygen atoms in total. The van der Waals surface area contributed by atoms with Crippen molar-refractivity contribution in [3.8, 4) is 0 Å². The molecule has 1 aromatic rings. The predicted octanol–water partition coefficient (Wildman–Crippen LogP) is 2.21. The Morgan fingerprint density at radius 1 is 1.48 bits per heavy atom. The zero-order valence-electron chi connectivity index (χ0n) is 13.7. The molecule has 7 heteroatoms. The molecule has 0 aromatic carbocycles. The smallest absolute Gasteiger partial charge is 0.326 e. The molecule has 0 saturated carbocycles. The maximum Gasteiger partial charge on any atom is 0.326 e. The minimum absolute atomic E-state index is 0.229.